The van der Waals surface area contributed by atoms with Crippen molar-refractivity contribution in [3.63, 3.8) is 0 Å². The van der Waals surface area contributed by atoms with E-state index in [-0.39, 0.29) is 0 Å². The van der Waals surface area contributed by atoms with Crippen molar-refractivity contribution in [2.45, 2.75) is 31.2 Å². The second-order valence-electron chi connectivity index (χ2n) is 5.32. The highest BCUT2D eigenvalue weighted by atomic mass is 32.3. The summed E-state index contributed by atoms with van der Waals surface area (Å²) in [6, 6.07) is 0. The van der Waals surface area contributed by atoms with Crippen LogP contribution >= 0.6 is 0 Å². The van der Waals surface area contributed by atoms with Crippen molar-refractivity contribution in [2.24, 2.45) is 0 Å². The molecule has 0 aliphatic carbocycles. The van der Waals surface area contributed by atoms with Gasteiger partial charge in [0, 0.05) is 7.11 Å². The fourth-order valence-corrected chi connectivity index (χ4v) is 3.16. The van der Waals surface area contributed by atoms with Crippen LogP contribution < -0.4 is 4.57 Å². The Bertz CT molecular complexity index is 812. The lowest BCUT2D eigenvalue weighted by Gasteiger charge is -2.22. The number of hydrogen-bond acceptors (Lipinski definition) is 7. The third-order valence-corrected chi connectivity index (χ3v) is 5.68. The van der Waals surface area contributed by atoms with Crippen LogP contribution in [0, 0.1) is 0 Å². The molecule has 0 unspecified atom stereocenters. The van der Waals surface area contributed by atoms with E-state index in [1.165, 1.54) is 0 Å². The predicted molar refractivity (Wildman–Crippen MR) is 92.3 cm³/mol. The molecular weight excluding hydrogens is 488 g/mol. The Morgan fingerprint density at radius 1 is 0.903 bits per heavy atom. The molecule has 0 amide bonds. The third-order valence-electron chi connectivity index (χ3n) is 2.94. The van der Waals surface area contributed by atoms with Gasteiger partial charge in [-0.1, -0.05) is 0 Å². The normalized spacial score (nSPS) is 13.0. The van der Waals surface area contributed by atoms with Gasteiger partial charge in [0.25, 0.3) is 0 Å². The zero-order valence-corrected chi connectivity index (χ0v) is 17.9. The molecule has 1 heterocycles. The van der Waals surface area contributed by atoms with Crippen molar-refractivity contribution in [2.75, 3.05) is 33.5 Å². The van der Waals surface area contributed by atoms with E-state index in [9.17, 15) is 43.2 Å². The van der Waals surface area contributed by atoms with E-state index in [0.717, 1.165) is 10.7 Å². The van der Waals surface area contributed by atoms with Gasteiger partial charge in [0.2, 0.25) is 6.33 Å². The van der Waals surface area contributed by atoms with Gasteiger partial charge in [-0.3, -0.25) is 0 Å². The molecular formula is C13H21F6N3O7S2. The maximum Gasteiger partial charge on any atom is 0.480 e. The molecule has 1 aromatic heterocycles. The lowest BCUT2D eigenvalue weighted by atomic mass is 10.7. The second kappa shape index (κ2) is 12.5. The third kappa shape index (κ3) is 11.1. The Hall–Kier alpha value is -1.47. The fourth-order valence-electron chi connectivity index (χ4n) is 1.45. The van der Waals surface area contributed by atoms with E-state index in [2.05, 4.69) is 11.5 Å². The summed E-state index contributed by atoms with van der Waals surface area (Å²) in [5, 5.41) is 0. The Morgan fingerprint density at radius 3 is 1.81 bits per heavy atom. The van der Waals surface area contributed by atoms with Gasteiger partial charge in [-0.05, 0) is 6.92 Å². The Kier molecular flexibility index (Phi) is 11.9. The van der Waals surface area contributed by atoms with Crippen molar-refractivity contribution >= 4 is 20.0 Å². The summed E-state index contributed by atoms with van der Waals surface area (Å²) in [5.74, 6) is 0. The Morgan fingerprint density at radius 2 is 1.39 bits per heavy atom. The molecule has 1 rings (SSSR count). The summed E-state index contributed by atoms with van der Waals surface area (Å²) >= 11 is 0. The van der Waals surface area contributed by atoms with E-state index in [4.69, 9.17) is 14.2 Å². The highest BCUT2D eigenvalue weighted by molar-refractivity contribution is 8.13. The van der Waals surface area contributed by atoms with Crippen molar-refractivity contribution in [1.29, 1.82) is 0 Å². The average Bonchev–Trinajstić information content (AvgIpc) is 3.07. The topological polar surface area (TPSA) is 119 Å². The van der Waals surface area contributed by atoms with Crippen LogP contribution in [-0.4, -0.2) is 66.0 Å². The maximum atomic E-state index is 11.4. The molecule has 0 aromatic carbocycles. The average molecular weight is 509 g/mol. The predicted octanol–water partition coefficient (Wildman–Crippen LogP) is 1.49. The maximum absolute atomic E-state index is 11.4. The minimum absolute atomic E-state index is 0.570. The van der Waals surface area contributed by atoms with E-state index in [1.54, 1.807) is 7.11 Å². The van der Waals surface area contributed by atoms with Crippen molar-refractivity contribution in [1.82, 2.24) is 4.57 Å². The molecule has 0 atom stereocenters. The monoisotopic (exact) mass is 509 g/mol. The number of aromatic nitrogens is 2. The van der Waals surface area contributed by atoms with Crippen LogP contribution in [0.1, 0.15) is 6.92 Å². The van der Waals surface area contributed by atoms with E-state index in [1.807, 2.05) is 23.3 Å². The summed E-state index contributed by atoms with van der Waals surface area (Å²) < 4.78 is 129. The fraction of sp³-hybridized carbons (Fsp3) is 0.769. The van der Waals surface area contributed by atoms with E-state index >= 15 is 0 Å². The first-order chi connectivity index (χ1) is 14.1. The standard InChI is InChI=1S/C11H21N2O3.C2F6NO4S2/c1-3-12-4-5-13(10-12)11-16-9-8-15-7-6-14-2;3-1(4,5)14(10,11)9-15(12,13)2(6,7)8/h4-5,10H,3,6-9,11H2,1-2H3;/q+1;-1. The molecule has 10 nitrogen and oxygen atoms in total. The Balaban J connectivity index is 0.000000582. The van der Waals surface area contributed by atoms with Gasteiger partial charge in [-0.25, -0.2) is 26.0 Å². The number of nitrogens with zero attached hydrogens (tertiary/aromatic N) is 3. The Labute approximate surface area is 174 Å². The molecule has 0 saturated heterocycles. The smallest absolute Gasteiger partial charge is 0.421 e. The van der Waals surface area contributed by atoms with E-state index in [0.29, 0.717) is 33.2 Å². The highest BCUT2D eigenvalue weighted by Crippen LogP contribution is 2.36. The molecule has 0 aliphatic rings. The summed E-state index contributed by atoms with van der Waals surface area (Å²) in [6.07, 6.45) is 6.04. The van der Waals surface area contributed by atoms with Gasteiger partial charge in [0.15, 0.2) is 26.8 Å². The van der Waals surface area contributed by atoms with Crippen LogP contribution in [0.4, 0.5) is 26.3 Å². The number of rotatable bonds is 11. The highest BCUT2D eigenvalue weighted by Gasteiger charge is 2.46. The van der Waals surface area contributed by atoms with Gasteiger partial charge in [0.1, 0.15) is 12.4 Å². The first-order valence-electron chi connectivity index (χ1n) is 8.13. The van der Waals surface area contributed by atoms with Crippen LogP contribution in [-0.2, 0) is 47.5 Å². The van der Waals surface area contributed by atoms with Crippen molar-refractivity contribution in [3.8, 4) is 0 Å². The molecule has 18 heteroatoms. The summed E-state index contributed by atoms with van der Waals surface area (Å²) in [5.41, 5.74) is -12.4. The number of aryl methyl sites for hydroxylation is 1. The molecule has 0 aliphatic heterocycles. The number of sulfonamides is 2. The molecule has 1 aromatic rings. The van der Waals surface area contributed by atoms with Crippen LogP contribution in [0.15, 0.2) is 18.7 Å². The van der Waals surface area contributed by atoms with Crippen LogP contribution in [0.2, 0.25) is 0 Å². The van der Waals surface area contributed by atoms with Crippen molar-refractivity contribution < 1.29 is 62.0 Å². The van der Waals surface area contributed by atoms with Crippen LogP contribution in [0.3, 0.4) is 0 Å². The lowest BCUT2D eigenvalue weighted by molar-refractivity contribution is -0.732. The van der Waals surface area contributed by atoms with Gasteiger partial charge in [-0.2, -0.15) is 26.3 Å². The van der Waals surface area contributed by atoms with Gasteiger partial charge in [0.05, 0.1) is 33.0 Å². The largest absolute Gasteiger partial charge is 0.480 e. The van der Waals surface area contributed by atoms with Gasteiger partial charge < -0.3 is 18.3 Å². The molecule has 0 fully saturated rings. The zero-order chi connectivity index (χ0) is 24.3. The minimum atomic E-state index is -6.72. The minimum Gasteiger partial charge on any atom is -0.421 e. The summed E-state index contributed by atoms with van der Waals surface area (Å²) in [6.45, 7) is 6.13. The number of methoxy groups -OCH3 is 1. The molecule has 0 N–H and O–H groups in total. The zero-order valence-electron chi connectivity index (χ0n) is 16.3. The number of ether oxygens (including phenoxy) is 3. The first kappa shape index (κ1) is 29.5. The van der Waals surface area contributed by atoms with Gasteiger partial charge >= 0.3 is 11.0 Å². The molecule has 0 spiro atoms. The molecule has 184 valence electrons. The summed E-state index contributed by atoms with van der Waals surface area (Å²) in [7, 11) is -11.8. The number of halogens is 6. The number of alkyl halides is 6. The SMILES string of the molecule is CCn1cc[n+](COCCOCCOC)c1.O=S(=O)([N-]S(=O)(=O)C(F)(F)F)C(F)(F)F. The molecule has 0 bridgehead atoms. The number of hydrogen-bond donors (Lipinski definition) is 0. The number of imidazole rings is 1. The first-order valence-corrected chi connectivity index (χ1v) is 11.0. The van der Waals surface area contributed by atoms with Crippen LogP contribution in [0.5, 0.6) is 0 Å². The molecule has 31 heavy (non-hydrogen) atoms. The van der Waals surface area contributed by atoms with Crippen LogP contribution in [0.25, 0.3) is 4.13 Å². The second-order valence-corrected chi connectivity index (χ2v) is 8.74. The lowest BCUT2D eigenvalue weighted by Crippen LogP contribution is -2.33. The molecule has 0 radical (unpaired) electrons. The quantitative estimate of drug-likeness (QED) is 0.252. The molecule has 0 saturated carbocycles. The van der Waals surface area contributed by atoms with Gasteiger partial charge in [-0.15, -0.1) is 0 Å². The summed E-state index contributed by atoms with van der Waals surface area (Å²) in [4.78, 5) is 0. The van der Waals surface area contributed by atoms with Crippen molar-refractivity contribution in [3.05, 3.63) is 22.8 Å². The van der Waals surface area contributed by atoms with E-state index < -0.39 is 31.1 Å².